The Morgan fingerprint density at radius 3 is 2.81 bits per heavy atom. The zero-order chi connectivity index (χ0) is 15.1. The number of benzene rings is 1. The summed E-state index contributed by atoms with van der Waals surface area (Å²) in [5.41, 5.74) is 12.2. The maximum Gasteiger partial charge on any atom is 0.226 e. The molecule has 21 heavy (non-hydrogen) atoms. The number of rotatable bonds is 1. The summed E-state index contributed by atoms with van der Waals surface area (Å²) in [4.78, 5) is 19.6. The number of carbonyl (C=O) groups is 1. The first kappa shape index (κ1) is 13.6. The average molecular weight is 308 g/mol. The van der Waals surface area contributed by atoms with Crippen LogP contribution in [0.25, 0.3) is 0 Å². The third kappa shape index (κ3) is 2.36. The molecule has 2 aromatic rings. The van der Waals surface area contributed by atoms with Crippen molar-refractivity contribution in [2.24, 2.45) is 0 Å². The molecule has 1 amide bonds. The van der Waals surface area contributed by atoms with E-state index in [-0.39, 0.29) is 34.9 Å². The number of hydrogen-bond acceptors (Lipinski definition) is 5. The molecule has 108 valence electrons. The minimum Gasteiger partial charge on any atom is -0.383 e. The van der Waals surface area contributed by atoms with Crippen LogP contribution >= 0.6 is 11.6 Å². The number of nitrogens with one attached hydrogen (secondary N) is 1. The van der Waals surface area contributed by atoms with Crippen molar-refractivity contribution in [1.82, 2.24) is 9.97 Å². The number of nitrogen functional groups attached to an aromatic ring is 2. The van der Waals surface area contributed by atoms with Gasteiger partial charge in [-0.3, -0.25) is 4.79 Å². The minimum absolute atomic E-state index is 0.0447. The summed E-state index contributed by atoms with van der Waals surface area (Å²) in [5.74, 6) is -1.09. The van der Waals surface area contributed by atoms with Crippen molar-refractivity contribution in [3.8, 4) is 0 Å². The number of hydrogen-bond donors (Lipinski definition) is 3. The van der Waals surface area contributed by atoms with E-state index in [0.717, 1.165) is 0 Å². The zero-order valence-corrected chi connectivity index (χ0v) is 11.5. The molecule has 2 heterocycles. The van der Waals surface area contributed by atoms with Crippen molar-refractivity contribution in [3.05, 3.63) is 40.2 Å². The van der Waals surface area contributed by atoms with E-state index in [2.05, 4.69) is 15.3 Å². The molecule has 1 aliphatic heterocycles. The molecule has 1 atom stereocenters. The molecule has 0 bridgehead atoms. The summed E-state index contributed by atoms with van der Waals surface area (Å²) < 4.78 is 14.1. The maximum absolute atomic E-state index is 14.1. The van der Waals surface area contributed by atoms with E-state index < -0.39 is 11.7 Å². The molecule has 0 fully saturated rings. The van der Waals surface area contributed by atoms with Crippen molar-refractivity contribution < 1.29 is 9.18 Å². The van der Waals surface area contributed by atoms with Gasteiger partial charge in [0.2, 0.25) is 11.9 Å². The number of carbonyl (C=O) groups excluding carboxylic acids is 1. The van der Waals surface area contributed by atoms with Gasteiger partial charge < -0.3 is 16.8 Å². The van der Waals surface area contributed by atoms with Gasteiger partial charge in [-0.15, -0.1) is 0 Å². The van der Waals surface area contributed by atoms with Crippen molar-refractivity contribution in [1.29, 1.82) is 0 Å². The third-order valence-electron chi connectivity index (χ3n) is 3.33. The first-order valence-corrected chi connectivity index (χ1v) is 6.51. The third-order valence-corrected chi connectivity index (χ3v) is 3.56. The van der Waals surface area contributed by atoms with Crippen LogP contribution in [-0.2, 0) is 4.79 Å². The van der Waals surface area contributed by atoms with Crippen LogP contribution in [0, 0.1) is 5.82 Å². The Kier molecular flexibility index (Phi) is 3.13. The summed E-state index contributed by atoms with van der Waals surface area (Å²) in [5, 5.41) is 2.85. The Bertz CT molecular complexity index is 752. The molecule has 0 saturated heterocycles. The molecule has 1 aliphatic rings. The van der Waals surface area contributed by atoms with Crippen molar-refractivity contribution in [3.63, 3.8) is 0 Å². The van der Waals surface area contributed by atoms with Crippen LogP contribution in [0.15, 0.2) is 18.2 Å². The molecule has 5 N–H and O–H groups in total. The number of aromatic nitrogens is 2. The van der Waals surface area contributed by atoms with E-state index >= 15 is 0 Å². The molecule has 0 saturated carbocycles. The SMILES string of the molecule is Nc1nc(N)c2c(n1)NC(=O)C[C@H]2c1ccc(Cl)cc1F. The second-order valence-electron chi connectivity index (χ2n) is 4.70. The standard InChI is InChI=1S/C13H11ClFN5O/c14-5-1-2-6(8(15)3-5)7-4-9(21)18-12-10(7)11(16)19-13(17)20-12/h1-3,7H,4H2,(H5,16,17,18,19,20,21)/t7-/m0/s1. The Hall–Kier alpha value is -2.41. The minimum atomic E-state index is -0.577. The summed E-state index contributed by atoms with van der Waals surface area (Å²) >= 11 is 5.75. The van der Waals surface area contributed by atoms with Crippen LogP contribution in [0.2, 0.25) is 5.02 Å². The second kappa shape index (κ2) is 4.85. The molecule has 0 radical (unpaired) electrons. The van der Waals surface area contributed by atoms with Gasteiger partial charge in [0.25, 0.3) is 0 Å². The fourth-order valence-corrected chi connectivity index (χ4v) is 2.62. The highest BCUT2D eigenvalue weighted by Gasteiger charge is 2.32. The van der Waals surface area contributed by atoms with Crippen LogP contribution in [0.3, 0.4) is 0 Å². The van der Waals surface area contributed by atoms with Gasteiger partial charge in [0.1, 0.15) is 17.5 Å². The quantitative estimate of drug-likeness (QED) is 0.746. The van der Waals surface area contributed by atoms with Crippen LogP contribution in [0.5, 0.6) is 0 Å². The normalized spacial score (nSPS) is 17.2. The predicted octanol–water partition coefficient (Wildman–Crippen LogP) is 1.91. The molecule has 0 spiro atoms. The van der Waals surface area contributed by atoms with Crippen molar-refractivity contribution in [2.45, 2.75) is 12.3 Å². The lowest BCUT2D eigenvalue weighted by Gasteiger charge is -2.26. The van der Waals surface area contributed by atoms with Crippen LogP contribution in [-0.4, -0.2) is 15.9 Å². The van der Waals surface area contributed by atoms with E-state index in [1.165, 1.54) is 12.1 Å². The van der Waals surface area contributed by atoms with Gasteiger partial charge in [0.15, 0.2) is 0 Å². The Labute approximate surface area is 124 Å². The van der Waals surface area contributed by atoms with Crippen molar-refractivity contribution >= 4 is 35.1 Å². The van der Waals surface area contributed by atoms with Gasteiger partial charge in [0, 0.05) is 22.9 Å². The lowest BCUT2D eigenvalue weighted by molar-refractivity contribution is -0.116. The first-order chi connectivity index (χ1) is 9.95. The first-order valence-electron chi connectivity index (χ1n) is 6.13. The van der Waals surface area contributed by atoms with E-state index in [1.54, 1.807) is 6.07 Å². The monoisotopic (exact) mass is 307 g/mol. The van der Waals surface area contributed by atoms with Gasteiger partial charge in [-0.25, -0.2) is 4.39 Å². The zero-order valence-electron chi connectivity index (χ0n) is 10.7. The molecule has 1 aromatic heterocycles. The lowest BCUT2D eigenvalue weighted by atomic mass is 9.86. The van der Waals surface area contributed by atoms with Crippen LogP contribution < -0.4 is 16.8 Å². The number of nitrogens with two attached hydrogens (primary N) is 2. The fraction of sp³-hybridized carbons (Fsp3) is 0.154. The van der Waals surface area contributed by atoms with E-state index in [4.69, 9.17) is 23.1 Å². The number of anilines is 3. The largest absolute Gasteiger partial charge is 0.383 e. The lowest BCUT2D eigenvalue weighted by Crippen LogP contribution is -2.27. The topological polar surface area (TPSA) is 107 Å². The van der Waals surface area contributed by atoms with Crippen LogP contribution in [0.4, 0.5) is 22.0 Å². The smallest absolute Gasteiger partial charge is 0.226 e. The summed E-state index contributed by atoms with van der Waals surface area (Å²) in [6.45, 7) is 0. The second-order valence-corrected chi connectivity index (χ2v) is 5.14. The average Bonchev–Trinajstić information content (AvgIpc) is 2.36. The van der Waals surface area contributed by atoms with Crippen LogP contribution in [0.1, 0.15) is 23.5 Å². The Morgan fingerprint density at radius 1 is 1.33 bits per heavy atom. The fourth-order valence-electron chi connectivity index (χ4n) is 2.46. The van der Waals surface area contributed by atoms with Gasteiger partial charge in [-0.1, -0.05) is 17.7 Å². The van der Waals surface area contributed by atoms with Gasteiger partial charge >= 0.3 is 0 Å². The highest BCUT2D eigenvalue weighted by atomic mass is 35.5. The highest BCUT2D eigenvalue weighted by molar-refractivity contribution is 6.30. The highest BCUT2D eigenvalue weighted by Crippen LogP contribution is 2.40. The molecule has 0 unspecified atom stereocenters. The molecule has 8 heteroatoms. The van der Waals surface area contributed by atoms with Crippen molar-refractivity contribution in [2.75, 3.05) is 16.8 Å². The Morgan fingerprint density at radius 2 is 2.10 bits per heavy atom. The molecule has 1 aromatic carbocycles. The Balaban J connectivity index is 2.19. The predicted molar refractivity (Wildman–Crippen MR) is 77.4 cm³/mol. The molecular weight excluding hydrogens is 297 g/mol. The number of halogens is 2. The van der Waals surface area contributed by atoms with E-state index in [0.29, 0.717) is 11.1 Å². The van der Waals surface area contributed by atoms with E-state index in [1.807, 2.05) is 0 Å². The molecule has 3 rings (SSSR count). The summed E-state index contributed by atoms with van der Waals surface area (Å²) in [6, 6.07) is 4.28. The number of amides is 1. The molecule has 6 nitrogen and oxygen atoms in total. The maximum atomic E-state index is 14.1. The number of nitrogens with zero attached hydrogens (tertiary/aromatic N) is 2. The molecule has 0 aliphatic carbocycles. The summed E-state index contributed by atoms with van der Waals surface area (Å²) in [7, 11) is 0. The van der Waals surface area contributed by atoms with Gasteiger partial charge in [-0.05, 0) is 17.7 Å². The molecular formula is C13H11ClFN5O. The number of fused-ring (bicyclic) bond motifs is 1. The summed E-state index contributed by atoms with van der Waals surface area (Å²) in [6.07, 6.45) is 0.0447. The van der Waals surface area contributed by atoms with Gasteiger partial charge in [0.05, 0.1) is 0 Å². The van der Waals surface area contributed by atoms with Gasteiger partial charge in [-0.2, -0.15) is 9.97 Å². The van der Waals surface area contributed by atoms with E-state index in [9.17, 15) is 9.18 Å².